The fourth-order valence-electron chi connectivity index (χ4n) is 1.78. The van der Waals surface area contributed by atoms with Crippen molar-refractivity contribution in [2.75, 3.05) is 19.0 Å². The van der Waals surface area contributed by atoms with Crippen molar-refractivity contribution in [1.82, 2.24) is 4.98 Å². The third-order valence-corrected chi connectivity index (χ3v) is 2.82. The maximum absolute atomic E-state index is 5.72. The van der Waals surface area contributed by atoms with Gasteiger partial charge in [-0.1, -0.05) is 13.0 Å². The molecule has 1 N–H and O–H groups in total. The van der Waals surface area contributed by atoms with E-state index in [0.29, 0.717) is 6.61 Å². The molecular formula is C16H20N2O2. The van der Waals surface area contributed by atoms with Crippen LogP contribution in [-0.4, -0.2) is 18.6 Å². The topological polar surface area (TPSA) is 43.4 Å². The van der Waals surface area contributed by atoms with Crippen LogP contribution in [0.5, 0.6) is 11.5 Å². The van der Waals surface area contributed by atoms with E-state index in [1.54, 1.807) is 13.3 Å². The average Bonchev–Trinajstić information content (AvgIpc) is 2.51. The van der Waals surface area contributed by atoms with E-state index in [0.717, 1.165) is 35.8 Å². The highest BCUT2D eigenvalue weighted by molar-refractivity contribution is 5.43. The molecule has 20 heavy (non-hydrogen) atoms. The molecule has 0 atom stereocenters. The standard InChI is InChI=1S/C16H20N2O2/c1-3-8-17-13-7-9-18-14(10-13)12-20-16-6-4-5-15(11-16)19-2/h4-7,9-11H,3,8,12H2,1-2H3,(H,17,18). The summed E-state index contributed by atoms with van der Waals surface area (Å²) in [7, 11) is 1.64. The Morgan fingerprint density at radius 3 is 2.80 bits per heavy atom. The van der Waals surface area contributed by atoms with Gasteiger partial charge in [-0.25, -0.2) is 0 Å². The molecular weight excluding hydrogens is 252 g/mol. The van der Waals surface area contributed by atoms with E-state index in [9.17, 15) is 0 Å². The molecule has 0 aliphatic carbocycles. The van der Waals surface area contributed by atoms with Crippen LogP contribution in [0.4, 0.5) is 5.69 Å². The zero-order valence-corrected chi connectivity index (χ0v) is 11.9. The molecule has 2 aromatic rings. The number of aromatic nitrogens is 1. The Labute approximate surface area is 119 Å². The molecule has 2 rings (SSSR count). The van der Waals surface area contributed by atoms with E-state index in [4.69, 9.17) is 9.47 Å². The molecule has 4 heteroatoms. The molecule has 0 unspecified atom stereocenters. The molecule has 1 aromatic carbocycles. The summed E-state index contributed by atoms with van der Waals surface area (Å²) < 4.78 is 10.9. The molecule has 0 bridgehead atoms. The van der Waals surface area contributed by atoms with Crippen molar-refractivity contribution in [2.24, 2.45) is 0 Å². The molecule has 4 nitrogen and oxygen atoms in total. The Hall–Kier alpha value is -2.23. The molecule has 106 valence electrons. The van der Waals surface area contributed by atoms with Crippen LogP contribution in [0.2, 0.25) is 0 Å². The summed E-state index contributed by atoms with van der Waals surface area (Å²) in [4.78, 5) is 4.31. The van der Waals surface area contributed by atoms with Crippen LogP contribution in [0.15, 0.2) is 42.6 Å². The number of ether oxygens (including phenoxy) is 2. The number of nitrogens with zero attached hydrogens (tertiary/aromatic N) is 1. The minimum absolute atomic E-state index is 0.439. The van der Waals surface area contributed by atoms with Crippen LogP contribution in [0.3, 0.4) is 0 Å². The summed E-state index contributed by atoms with van der Waals surface area (Å²) in [6, 6.07) is 11.5. The van der Waals surface area contributed by atoms with Crippen LogP contribution in [-0.2, 0) is 6.61 Å². The zero-order valence-electron chi connectivity index (χ0n) is 11.9. The fraction of sp³-hybridized carbons (Fsp3) is 0.312. The van der Waals surface area contributed by atoms with E-state index in [2.05, 4.69) is 17.2 Å². The average molecular weight is 272 g/mol. The maximum atomic E-state index is 5.72. The summed E-state index contributed by atoms with van der Waals surface area (Å²) >= 11 is 0. The van der Waals surface area contributed by atoms with Crippen molar-refractivity contribution < 1.29 is 9.47 Å². The van der Waals surface area contributed by atoms with Gasteiger partial charge in [-0.3, -0.25) is 4.98 Å². The van der Waals surface area contributed by atoms with Crippen molar-refractivity contribution >= 4 is 5.69 Å². The first kappa shape index (κ1) is 14.2. The number of hydrogen-bond acceptors (Lipinski definition) is 4. The number of anilines is 1. The first-order valence-corrected chi connectivity index (χ1v) is 6.77. The largest absolute Gasteiger partial charge is 0.497 e. The second kappa shape index (κ2) is 7.38. The number of rotatable bonds is 7. The van der Waals surface area contributed by atoms with Gasteiger partial charge in [0.2, 0.25) is 0 Å². The van der Waals surface area contributed by atoms with Gasteiger partial charge in [0.25, 0.3) is 0 Å². The first-order valence-electron chi connectivity index (χ1n) is 6.77. The van der Waals surface area contributed by atoms with Gasteiger partial charge in [-0.15, -0.1) is 0 Å². The molecule has 0 spiro atoms. The smallest absolute Gasteiger partial charge is 0.130 e. The lowest BCUT2D eigenvalue weighted by molar-refractivity contribution is 0.299. The molecule has 0 fully saturated rings. The van der Waals surface area contributed by atoms with Crippen molar-refractivity contribution in [3.05, 3.63) is 48.3 Å². The summed E-state index contributed by atoms with van der Waals surface area (Å²) in [6.07, 6.45) is 2.89. The lowest BCUT2D eigenvalue weighted by atomic mass is 10.3. The third-order valence-electron chi connectivity index (χ3n) is 2.82. The van der Waals surface area contributed by atoms with Gasteiger partial charge in [-0.05, 0) is 30.7 Å². The highest BCUT2D eigenvalue weighted by Crippen LogP contribution is 2.20. The zero-order chi connectivity index (χ0) is 14.2. The van der Waals surface area contributed by atoms with Crippen molar-refractivity contribution in [3.63, 3.8) is 0 Å². The van der Waals surface area contributed by atoms with Crippen molar-refractivity contribution in [3.8, 4) is 11.5 Å². The Morgan fingerprint density at radius 1 is 1.15 bits per heavy atom. The van der Waals surface area contributed by atoms with E-state index in [-0.39, 0.29) is 0 Å². The van der Waals surface area contributed by atoms with Crippen LogP contribution in [0.1, 0.15) is 19.0 Å². The molecule has 0 aliphatic heterocycles. The third kappa shape index (κ3) is 4.16. The van der Waals surface area contributed by atoms with Gasteiger partial charge in [-0.2, -0.15) is 0 Å². The Balaban J connectivity index is 1.95. The number of hydrogen-bond donors (Lipinski definition) is 1. The predicted octanol–water partition coefficient (Wildman–Crippen LogP) is 3.49. The first-order chi connectivity index (χ1) is 9.81. The second-order valence-electron chi connectivity index (χ2n) is 4.43. The summed E-state index contributed by atoms with van der Waals surface area (Å²) in [5, 5.41) is 3.34. The Bertz CT molecular complexity index is 544. The molecule has 0 radical (unpaired) electrons. The second-order valence-corrected chi connectivity index (χ2v) is 4.43. The summed E-state index contributed by atoms with van der Waals surface area (Å²) in [5.41, 5.74) is 1.97. The lowest BCUT2D eigenvalue weighted by Crippen LogP contribution is -2.03. The van der Waals surface area contributed by atoms with Crippen LogP contribution in [0.25, 0.3) is 0 Å². The highest BCUT2D eigenvalue weighted by atomic mass is 16.5. The van der Waals surface area contributed by atoms with E-state index < -0.39 is 0 Å². The van der Waals surface area contributed by atoms with E-state index >= 15 is 0 Å². The number of nitrogens with one attached hydrogen (secondary N) is 1. The summed E-state index contributed by atoms with van der Waals surface area (Å²) in [5.74, 6) is 1.56. The molecule has 0 saturated heterocycles. The molecule has 0 aliphatic rings. The van der Waals surface area contributed by atoms with Crippen molar-refractivity contribution in [2.45, 2.75) is 20.0 Å². The molecule has 0 amide bonds. The summed E-state index contributed by atoms with van der Waals surface area (Å²) in [6.45, 7) is 3.54. The number of pyridine rings is 1. The highest BCUT2D eigenvalue weighted by Gasteiger charge is 2.00. The van der Waals surface area contributed by atoms with Gasteiger partial charge >= 0.3 is 0 Å². The van der Waals surface area contributed by atoms with Gasteiger partial charge in [0, 0.05) is 24.5 Å². The Morgan fingerprint density at radius 2 is 2.00 bits per heavy atom. The SMILES string of the molecule is CCCNc1ccnc(COc2cccc(OC)c2)c1. The minimum Gasteiger partial charge on any atom is -0.497 e. The quantitative estimate of drug-likeness (QED) is 0.838. The maximum Gasteiger partial charge on any atom is 0.130 e. The van der Waals surface area contributed by atoms with Crippen LogP contribution >= 0.6 is 0 Å². The van der Waals surface area contributed by atoms with Gasteiger partial charge in [0.05, 0.1) is 12.8 Å². The van der Waals surface area contributed by atoms with Crippen molar-refractivity contribution in [1.29, 1.82) is 0 Å². The van der Waals surface area contributed by atoms with E-state index in [1.165, 1.54) is 0 Å². The molecule has 1 aromatic heterocycles. The monoisotopic (exact) mass is 272 g/mol. The Kier molecular flexibility index (Phi) is 5.24. The van der Waals surface area contributed by atoms with Gasteiger partial charge < -0.3 is 14.8 Å². The van der Waals surface area contributed by atoms with Crippen LogP contribution < -0.4 is 14.8 Å². The molecule has 0 saturated carbocycles. The van der Waals surface area contributed by atoms with Gasteiger partial charge in [0.15, 0.2) is 0 Å². The number of benzene rings is 1. The van der Waals surface area contributed by atoms with Crippen LogP contribution in [0, 0.1) is 0 Å². The fourth-order valence-corrected chi connectivity index (χ4v) is 1.78. The number of methoxy groups -OCH3 is 1. The van der Waals surface area contributed by atoms with E-state index in [1.807, 2.05) is 36.4 Å². The lowest BCUT2D eigenvalue weighted by Gasteiger charge is -2.09. The minimum atomic E-state index is 0.439. The molecule has 1 heterocycles. The van der Waals surface area contributed by atoms with Gasteiger partial charge in [0.1, 0.15) is 18.1 Å². The normalized spacial score (nSPS) is 10.1. The predicted molar refractivity (Wildman–Crippen MR) is 80.3 cm³/mol.